The number of carbonyl (C=O) groups excluding carboxylic acids is 1. The summed E-state index contributed by atoms with van der Waals surface area (Å²) >= 11 is 0. The third kappa shape index (κ3) is 5.25. The highest BCUT2D eigenvalue weighted by Crippen LogP contribution is 2.37. The molecule has 1 aliphatic rings. The Bertz CT molecular complexity index is 269. The Kier molecular flexibility index (Phi) is 5.91. The van der Waals surface area contributed by atoms with E-state index in [1.165, 1.54) is 7.11 Å². The standard InChI is InChI=1S/C12H20F3NO2/c1-18-11(17)6-3-7-16-10-5-2-4-9(8-10)12(13,14)15/h9-10,16H,2-8H2,1H3. The fourth-order valence-corrected chi connectivity index (χ4v) is 2.31. The van der Waals surface area contributed by atoms with Gasteiger partial charge in [0.1, 0.15) is 0 Å². The van der Waals surface area contributed by atoms with Crippen molar-refractivity contribution in [2.45, 2.75) is 50.7 Å². The summed E-state index contributed by atoms with van der Waals surface area (Å²) in [5.41, 5.74) is 0. The summed E-state index contributed by atoms with van der Waals surface area (Å²) in [6.07, 6.45) is -1.39. The number of hydrogen-bond acceptors (Lipinski definition) is 3. The number of hydrogen-bond donors (Lipinski definition) is 1. The summed E-state index contributed by atoms with van der Waals surface area (Å²) in [6, 6.07) is -0.0805. The molecular weight excluding hydrogens is 247 g/mol. The van der Waals surface area contributed by atoms with Gasteiger partial charge in [-0.15, -0.1) is 0 Å². The van der Waals surface area contributed by atoms with Crippen LogP contribution in [0.3, 0.4) is 0 Å². The fraction of sp³-hybridized carbons (Fsp3) is 0.917. The maximum Gasteiger partial charge on any atom is 0.391 e. The minimum atomic E-state index is -4.08. The van der Waals surface area contributed by atoms with Crippen LogP contribution in [0.25, 0.3) is 0 Å². The summed E-state index contributed by atoms with van der Waals surface area (Å²) in [5.74, 6) is -1.46. The first kappa shape index (κ1) is 15.3. The second kappa shape index (κ2) is 6.97. The van der Waals surface area contributed by atoms with Crippen LogP contribution >= 0.6 is 0 Å². The molecule has 1 fully saturated rings. The number of esters is 1. The molecule has 6 heteroatoms. The Balaban J connectivity index is 2.20. The molecule has 1 N–H and O–H groups in total. The smallest absolute Gasteiger partial charge is 0.391 e. The summed E-state index contributed by atoms with van der Waals surface area (Å²) < 4.78 is 42.2. The van der Waals surface area contributed by atoms with Gasteiger partial charge >= 0.3 is 12.1 Å². The Labute approximate surface area is 105 Å². The molecule has 0 heterocycles. The van der Waals surface area contributed by atoms with Crippen LogP contribution in [0.5, 0.6) is 0 Å². The first-order valence-corrected chi connectivity index (χ1v) is 6.30. The predicted octanol–water partition coefficient (Wildman–Crippen LogP) is 2.65. The van der Waals surface area contributed by atoms with Gasteiger partial charge in [0.05, 0.1) is 13.0 Å². The van der Waals surface area contributed by atoms with Gasteiger partial charge in [-0.05, 0) is 32.2 Å². The van der Waals surface area contributed by atoms with Crippen molar-refractivity contribution in [3.63, 3.8) is 0 Å². The lowest BCUT2D eigenvalue weighted by molar-refractivity contribution is -0.183. The van der Waals surface area contributed by atoms with Crippen molar-refractivity contribution in [1.29, 1.82) is 0 Å². The van der Waals surface area contributed by atoms with E-state index in [0.717, 1.165) is 6.42 Å². The summed E-state index contributed by atoms with van der Waals surface area (Å²) in [5, 5.41) is 3.10. The van der Waals surface area contributed by atoms with Gasteiger partial charge in [0, 0.05) is 12.5 Å². The highest BCUT2D eigenvalue weighted by atomic mass is 19.4. The zero-order valence-corrected chi connectivity index (χ0v) is 10.6. The van der Waals surface area contributed by atoms with E-state index in [1.807, 2.05) is 0 Å². The van der Waals surface area contributed by atoms with Crippen LogP contribution < -0.4 is 5.32 Å². The minimum Gasteiger partial charge on any atom is -0.469 e. The molecule has 2 atom stereocenters. The van der Waals surface area contributed by atoms with Crippen molar-refractivity contribution in [1.82, 2.24) is 5.32 Å². The zero-order valence-electron chi connectivity index (χ0n) is 10.6. The molecule has 1 aliphatic carbocycles. The van der Waals surface area contributed by atoms with Crippen molar-refractivity contribution in [3.05, 3.63) is 0 Å². The van der Waals surface area contributed by atoms with Gasteiger partial charge in [-0.25, -0.2) is 0 Å². The Morgan fingerprint density at radius 3 is 2.72 bits per heavy atom. The molecule has 1 saturated carbocycles. The number of alkyl halides is 3. The van der Waals surface area contributed by atoms with Crippen molar-refractivity contribution in [3.8, 4) is 0 Å². The Hall–Kier alpha value is -0.780. The molecule has 3 nitrogen and oxygen atoms in total. The average molecular weight is 267 g/mol. The normalized spacial score (nSPS) is 24.9. The Morgan fingerprint density at radius 2 is 2.11 bits per heavy atom. The first-order valence-electron chi connectivity index (χ1n) is 6.30. The van der Waals surface area contributed by atoms with Crippen LogP contribution in [0.2, 0.25) is 0 Å². The van der Waals surface area contributed by atoms with Gasteiger partial charge < -0.3 is 10.1 Å². The maximum absolute atomic E-state index is 12.6. The highest BCUT2D eigenvalue weighted by Gasteiger charge is 2.41. The van der Waals surface area contributed by atoms with Gasteiger partial charge in [0.2, 0.25) is 0 Å². The molecule has 0 amide bonds. The molecule has 1 rings (SSSR count). The Morgan fingerprint density at radius 1 is 1.39 bits per heavy atom. The number of nitrogens with one attached hydrogen (secondary N) is 1. The summed E-state index contributed by atoms with van der Waals surface area (Å²) in [4.78, 5) is 10.8. The van der Waals surface area contributed by atoms with Crippen LogP contribution in [-0.2, 0) is 9.53 Å². The first-order chi connectivity index (χ1) is 8.43. The van der Waals surface area contributed by atoms with Crippen LogP contribution in [0.4, 0.5) is 13.2 Å². The van der Waals surface area contributed by atoms with Crippen molar-refractivity contribution >= 4 is 5.97 Å². The molecular formula is C12H20F3NO2. The molecule has 0 radical (unpaired) electrons. The third-order valence-corrected chi connectivity index (χ3v) is 3.36. The van der Waals surface area contributed by atoms with E-state index in [-0.39, 0.29) is 24.9 Å². The third-order valence-electron chi connectivity index (χ3n) is 3.36. The number of methoxy groups -OCH3 is 1. The number of rotatable bonds is 5. The molecule has 0 aromatic carbocycles. The van der Waals surface area contributed by atoms with Crippen LogP contribution in [0, 0.1) is 5.92 Å². The number of carbonyl (C=O) groups is 1. The van der Waals surface area contributed by atoms with Crippen LogP contribution in [0.1, 0.15) is 38.5 Å². The van der Waals surface area contributed by atoms with E-state index in [0.29, 0.717) is 25.8 Å². The fourth-order valence-electron chi connectivity index (χ4n) is 2.31. The summed E-state index contributed by atoms with van der Waals surface area (Å²) in [7, 11) is 1.32. The minimum absolute atomic E-state index is 0.0805. The van der Waals surface area contributed by atoms with Gasteiger partial charge in [0.25, 0.3) is 0 Å². The molecule has 0 saturated heterocycles. The lowest BCUT2D eigenvalue weighted by atomic mass is 9.85. The van der Waals surface area contributed by atoms with Gasteiger partial charge in [0.15, 0.2) is 0 Å². The van der Waals surface area contributed by atoms with E-state index in [4.69, 9.17) is 0 Å². The molecule has 0 aromatic heterocycles. The van der Waals surface area contributed by atoms with Gasteiger partial charge in [-0.1, -0.05) is 6.42 Å². The van der Waals surface area contributed by atoms with Gasteiger partial charge in [-0.3, -0.25) is 4.79 Å². The van der Waals surface area contributed by atoms with E-state index in [1.54, 1.807) is 0 Å². The van der Waals surface area contributed by atoms with Crippen molar-refractivity contribution in [2.24, 2.45) is 5.92 Å². The highest BCUT2D eigenvalue weighted by molar-refractivity contribution is 5.69. The van der Waals surface area contributed by atoms with E-state index in [2.05, 4.69) is 10.1 Å². The molecule has 2 unspecified atom stereocenters. The SMILES string of the molecule is COC(=O)CCCNC1CCCC(C(F)(F)F)C1. The second-order valence-corrected chi connectivity index (χ2v) is 4.74. The maximum atomic E-state index is 12.6. The lowest BCUT2D eigenvalue weighted by Crippen LogP contribution is -2.39. The lowest BCUT2D eigenvalue weighted by Gasteiger charge is -2.31. The molecule has 18 heavy (non-hydrogen) atoms. The predicted molar refractivity (Wildman–Crippen MR) is 61.1 cm³/mol. The van der Waals surface area contributed by atoms with E-state index in [9.17, 15) is 18.0 Å². The molecule has 0 aliphatic heterocycles. The van der Waals surface area contributed by atoms with Crippen molar-refractivity contribution in [2.75, 3.05) is 13.7 Å². The molecule has 106 valence electrons. The number of ether oxygens (including phenoxy) is 1. The second-order valence-electron chi connectivity index (χ2n) is 4.74. The van der Waals surface area contributed by atoms with E-state index < -0.39 is 12.1 Å². The number of halogens is 3. The monoisotopic (exact) mass is 267 g/mol. The quantitative estimate of drug-likeness (QED) is 0.614. The topological polar surface area (TPSA) is 38.3 Å². The summed E-state index contributed by atoms with van der Waals surface area (Å²) in [6.45, 7) is 0.560. The zero-order chi connectivity index (χ0) is 13.6. The molecule has 0 bridgehead atoms. The van der Waals surface area contributed by atoms with Crippen LogP contribution in [0.15, 0.2) is 0 Å². The molecule has 0 aromatic rings. The van der Waals surface area contributed by atoms with Gasteiger partial charge in [-0.2, -0.15) is 13.2 Å². The average Bonchev–Trinajstić information content (AvgIpc) is 2.33. The largest absolute Gasteiger partial charge is 0.469 e. The van der Waals surface area contributed by atoms with Crippen LogP contribution in [-0.4, -0.2) is 31.8 Å². The van der Waals surface area contributed by atoms with E-state index >= 15 is 0 Å². The van der Waals surface area contributed by atoms with Crippen molar-refractivity contribution < 1.29 is 22.7 Å². The molecule has 0 spiro atoms.